The second-order valence-electron chi connectivity index (χ2n) is 6.38. The Kier molecular flexibility index (Phi) is 6.36. The molecule has 4 N–H and O–H groups in total. The van der Waals surface area contributed by atoms with Crippen LogP contribution >= 0.6 is 0 Å². The third kappa shape index (κ3) is 5.19. The summed E-state index contributed by atoms with van der Waals surface area (Å²) in [5.74, 6) is -0.180. The summed E-state index contributed by atoms with van der Waals surface area (Å²) in [6.07, 6.45) is 2.74. The van der Waals surface area contributed by atoms with Crippen molar-refractivity contribution in [3.05, 3.63) is 59.5 Å². The summed E-state index contributed by atoms with van der Waals surface area (Å²) >= 11 is 0. The van der Waals surface area contributed by atoms with Gasteiger partial charge in [-0.2, -0.15) is 0 Å². The summed E-state index contributed by atoms with van der Waals surface area (Å²) in [4.78, 5) is 24.0. The molecule has 0 fully saturated rings. The minimum absolute atomic E-state index is 0.286. The van der Waals surface area contributed by atoms with Gasteiger partial charge < -0.3 is 20.8 Å². The van der Waals surface area contributed by atoms with Crippen molar-refractivity contribution >= 4 is 11.8 Å². The molecule has 0 aliphatic heterocycles. The molecule has 1 aromatic carbocycles. The minimum atomic E-state index is -0.669. The molecule has 6 nitrogen and oxygen atoms in total. The van der Waals surface area contributed by atoms with Crippen molar-refractivity contribution in [2.24, 2.45) is 5.73 Å². The first-order chi connectivity index (χ1) is 11.9. The second-order valence-corrected chi connectivity index (χ2v) is 6.38. The maximum atomic E-state index is 12.1. The summed E-state index contributed by atoms with van der Waals surface area (Å²) in [7, 11) is 0. The summed E-state index contributed by atoms with van der Waals surface area (Å²) < 4.78 is 4.85. The van der Waals surface area contributed by atoms with Gasteiger partial charge in [0.15, 0.2) is 0 Å². The lowest BCUT2D eigenvalue weighted by molar-refractivity contribution is -0.122. The fourth-order valence-electron chi connectivity index (χ4n) is 2.35. The Labute approximate surface area is 147 Å². The number of nitrogens with one attached hydrogen (secondary N) is 2. The van der Waals surface area contributed by atoms with Crippen LogP contribution in [0.25, 0.3) is 0 Å². The molecule has 6 heteroatoms. The van der Waals surface area contributed by atoms with Gasteiger partial charge in [-0.25, -0.2) is 0 Å². The molecule has 0 saturated carbocycles. The molecule has 1 heterocycles. The van der Waals surface area contributed by atoms with Gasteiger partial charge in [0.25, 0.3) is 5.91 Å². The average Bonchev–Trinajstić information content (AvgIpc) is 3.14. The van der Waals surface area contributed by atoms with Crippen molar-refractivity contribution in [3.8, 4) is 0 Å². The lowest BCUT2D eigenvalue weighted by Crippen LogP contribution is -2.46. The van der Waals surface area contributed by atoms with Crippen molar-refractivity contribution < 1.29 is 14.0 Å². The van der Waals surface area contributed by atoms with E-state index in [1.807, 2.05) is 12.1 Å². The van der Waals surface area contributed by atoms with Gasteiger partial charge in [0.2, 0.25) is 5.91 Å². The average molecular weight is 343 g/mol. The van der Waals surface area contributed by atoms with Gasteiger partial charge in [-0.15, -0.1) is 0 Å². The van der Waals surface area contributed by atoms with Gasteiger partial charge in [0.1, 0.15) is 12.3 Å². The zero-order chi connectivity index (χ0) is 18.4. The maximum Gasteiger partial charge on any atom is 0.255 e. The largest absolute Gasteiger partial charge is 0.472 e. The van der Waals surface area contributed by atoms with E-state index in [0.29, 0.717) is 18.0 Å². The van der Waals surface area contributed by atoms with Crippen LogP contribution in [-0.4, -0.2) is 24.4 Å². The Morgan fingerprint density at radius 3 is 2.28 bits per heavy atom. The molecule has 0 aliphatic carbocycles. The van der Waals surface area contributed by atoms with Crippen LogP contribution in [0.1, 0.15) is 54.2 Å². The van der Waals surface area contributed by atoms with Crippen LogP contribution in [-0.2, 0) is 4.79 Å². The number of carbonyl (C=O) groups is 2. The fraction of sp³-hybridized carbons (Fsp3) is 0.368. The van der Waals surface area contributed by atoms with E-state index in [1.165, 1.54) is 24.2 Å². The van der Waals surface area contributed by atoms with Gasteiger partial charge in [-0.1, -0.05) is 38.1 Å². The van der Waals surface area contributed by atoms with E-state index >= 15 is 0 Å². The highest BCUT2D eigenvalue weighted by Crippen LogP contribution is 2.17. The number of furan rings is 1. The van der Waals surface area contributed by atoms with Crippen LogP contribution in [0.2, 0.25) is 0 Å². The molecule has 134 valence electrons. The van der Waals surface area contributed by atoms with Crippen molar-refractivity contribution in [1.82, 2.24) is 10.6 Å². The number of benzene rings is 1. The molecule has 1 aromatic heterocycles. The SMILES string of the molecule is CC(NC(=O)c1ccoc1)C(=O)NCC(N)c1ccc(C(C)C)cc1. The van der Waals surface area contributed by atoms with Crippen molar-refractivity contribution in [2.45, 2.75) is 38.8 Å². The number of amides is 2. The van der Waals surface area contributed by atoms with E-state index in [9.17, 15) is 9.59 Å². The Bertz CT molecular complexity index is 693. The van der Waals surface area contributed by atoms with Crippen LogP contribution in [0.15, 0.2) is 47.3 Å². The fourth-order valence-corrected chi connectivity index (χ4v) is 2.35. The molecule has 0 radical (unpaired) electrons. The van der Waals surface area contributed by atoms with Crippen LogP contribution in [0.4, 0.5) is 0 Å². The van der Waals surface area contributed by atoms with Crippen LogP contribution in [0.3, 0.4) is 0 Å². The van der Waals surface area contributed by atoms with Crippen LogP contribution in [0.5, 0.6) is 0 Å². The predicted octanol–water partition coefficient (Wildman–Crippen LogP) is 2.34. The first-order valence-corrected chi connectivity index (χ1v) is 8.34. The van der Waals surface area contributed by atoms with Crippen LogP contribution in [0, 0.1) is 0 Å². The molecule has 2 atom stereocenters. The van der Waals surface area contributed by atoms with Gasteiger partial charge in [-0.05, 0) is 30.0 Å². The maximum absolute atomic E-state index is 12.1. The van der Waals surface area contributed by atoms with Crippen molar-refractivity contribution in [3.63, 3.8) is 0 Å². The van der Waals surface area contributed by atoms with E-state index < -0.39 is 6.04 Å². The van der Waals surface area contributed by atoms with E-state index in [-0.39, 0.29) is 17.9 Å². The molecule has 2 unspecified atom stereocenters. The van der Waals surface area contributed by atoms with Gasteiger partial charge in [-0.3, -0.25) is 9.59 Å². The Morgan fingerprint density at radius 1 is 1.08 bits per heavy atom. The number of hydrogen-bond donors (Lipinski definition) is 3. The molecule has 0 aliphatic rings. The summed E-state index contributed by atoms with van der Waals surface area (Å²) in [5, 5.41) is 5.38. The van der Waals surface area contributed by atoms with E-state index in [0.717, 1.165) is 5.56 Å². The van der Waals surface area contributed by atoms with E-state index in [1.54, 1.807) is 6.92 Å². The quantitative estimate of drug-likeness (QED) is 0.719. The first kappa shape index (κ1) is 18.7. The third-order valence-electron chi connectivity index (χ3n) is 4.05. The Balaban J connectivity index is 1.82. The standard InChI is InChI=1S/C19H25N3O3/c1-12(2)14-4-6-15(7-5-14)17(20)10-21-18(23)13(3)22-19(24)16-8-9-25-11-16/h4-9,11-13,17H,10,20H2,1-3H3,(H,21,23)(H,22,24). The zero-order valence-corrected chi connectivity index (χ0v) is 14.8. The molecule has 2 amide bonds. The monoisotopic (exact) mass is 343 g/mol. The molecule has 0 bridgehead atoms. The second kappa shape index (κ2) is 8.48. The van der Waals surface area contributed by atoms with E-state index in [4.69, 9.17) is 10.2 Å². The summed E-state index contributed by atoms with van der Waals surface area (Å²) in [6, 6.07) is 8.63. The molecular weight excluding hydrogens is 318 g/mol. The van der Waals surface area contributed by atoms with Crippen LogP contribution < -0.4 is 16.4 Å². The smallest absolute Gasteiger partial charge is 0.255 e. The highest BCUT2D eigenvalue weighted by molar-refractivity contribution is 5.97. The molecule has 25 heavy (non-hydrogen) atoms. The van der Waals surface area contributed by atoms with Gasteiger partial charge in [0.05, 0.1) is 11.8 Å². The molecular formula is C19H25N3O3. The lowest BCUT2D eigenvalue weighted by atomic mass is 9.99. The third-order valence-corrected chi connectivity index (χ3v) is 4.05. The normalized spacial score (nSPS) is 13.3. The van der Waals surface area contributed by atoms with Gasteiger partial charge >= 0.3 is 0 Å². The number of nitrogens with two attached hydrogens (primary N) is 1. The minimum Gasteiger partial charge on any atom is -0.472 e. The lowest BCUT2D eigenvalue weighted by Gasteiger charge is -2.17. The highest BCUT2D eigenvalue weighted by Gasteiger charge is 2.18. The predicted molar refractivity (Wildman–Crippen MR) is 96.1 cm³/mol. The Hall–Kier alpha value is -2.60. The van der Waals surface area contributed by atoms with Crippen molar-refractivity contribution in [1.29, 1.82) is 0 Å². The number of carbonyl (C=O) groups excluding carboxylic acids is 2. The first-order valence-electron chi connectivity index (χ1n) is 8.34. The summed E-state index contributed by atoms with van der Waals surface area (Å²) in [5.41, 5.74) is 8.71. The number of hydrogen-bond acceptors (Lipinski definition) is 4. The van der Waals surface area contributed by atoms with Crippen molar-refractivity contribution in [2.75, 3.05) is 6.54 Å². The summed E-state index contributed by atoms with van der Waals surface area (Å²) in [6.45, 7) is 6.19. The number of rotatable bonds is 7. The Morgan fingerprint density at radius 2 is 1.72 bits per heavy atom. The topological polar surface area (TPSA) is 97.4 Å². The molecule has 2 aromatic rings. The molecule has 0 saturated heterocycles. The molecule has 2 rings (SSSR count). The highest BCUT2D eigenvalue weighted by atomic mass is 16.3. The molecule has 0 spiro atoms. The van der Waals surface area contributed by atoms with Gasteiger partial charge in [0, 0.05) is 12.6 Å². The zero-order valence-electron chi connectivity index (χ0n) is 14.8. The van der Waals surface area contributed by atoms with E-state index in [2.05, 4.69) is 36.6 Å².